The summed E-state index contributed by atoms with van der Waals surface area (Å²) in [7, 11) is 0. The van der Waals surface area contributed by atoms with Crippen molar-refractivity contribution in [1.29, 1.82) is 0 Å². The average Bonchev–Trinajstić information content (AvgIpc) is 2.77. The summed E-state index contributed by atoms with van der Waals surface area (Å²) >= 11 is 0. The molecule has 1 saturated carbocycles. The van der Waals surface area contributed by atoms with Gasteiger partial charge in [0.1, 0.15) is 0 Å². The lowest BCUT2D eigenvalue weighted by atomic mass is 10.1. The predicted molar refractivity (Wildman–Crippen MR) is 76.6 cm³/mol. The Bertz CT molecular complexity index is 497. The molecule has 0 radical (unpaired) electrons. The molecule has 0 aliphatic heterocycles. The second-order valence-electron chi connectivity index (χ2n) is 5.42. The van der Waals surface area contributed by atoms with Crippen molar-refractivity contribution in [2.45, 2.75) is 44.6 Å². The molecule has 0 spiro atoms. The third-order valence-electron chi connectivity index (χ3n) is 4.11. The van der Waals surface area contributed by atoms with E-state index < -0.39 is 0 Å². The second kappa shape index (κ2) is 5.96. The smallest absolute Gasteiger partial charge is 0.169 e. The Morgan fingerprint density at radius 3 is 2.00 bits per heavy atom. The van der Waals surface area contributed by atoms with Crippen LogP contribution < -0.4 is 4.57 Å². The van der Waals surface area contributed by atoms with E-state index in [2.05, 4.69) is 46.2 Å². The Hall–Kier alpha value is -1.70. The van der Waals surface area contributed by atoms with Crippen molar-refractivity contribution in [2.24, 2.45) is 0 Å². The molecular weight excluding hydrogens is 232 g/mol. The van der Waals surface area contributed by atoms with E-state index in [1.54, 1.807) is 0 Å². The SMILES string of the molecule is c1cc(-c2cc[n+](C3CCCCCC3)cc2)ccn1. The highest BCUT2D eigenvalue weighted by Crippen LogP contribution is 2.23. The summed E-state index contributed by atoms with van der Waals surface area (Å²) in [5.74, 6) is 0. The monoisotopic (exact) mass is 253 g/mol. The van der Waals surface area contributed by atoms with Gasteiger partial charge in [0, 0.05) is 37.4 Å². The minimum Gasteiger partial charge on any atom is -0.265 e. The normalized spacial score (nSPS) is 17.1. The molecule has 0 amide bonds. The van der Waals surface area contributed by atoms with Gasteiger partial charge in [-0.3, -0.25) is 4.98 Å². The Morgan fingerprint density at radius 2 is 1.37 bits per heavy atom. The molecule has 2 nitrogen and oxygen atoms in total. The summed E-state index contributed by atoms with van der Waals surface area (Å²) in [6.45, 7) is 0. The van der Waals surface area contributed by atoms with E-state index in [0.29, 0.717) is 6.04 Å². The van der Waals surface area contributed by atoms with Gasteiger partial charge in [-0.15, -0.1) is 0 Å². The molecule has 98 valence electrons. The molecule has 2 heteroatoms. The lowest BCUT2D eigenvalue weighted by Gasteiger charge is -2.09. The van der Waals surface area contributed by atoms with Gasteiger partial charge in [-0.05, 0) is 36.1 Å². The molecule has 1 aliphatic carbocycles. The summed E-state index contributed by atoms with van der Waals surface area (Å²) in [5, 5.41) is 0. The molecule has 19 heavy (non-hydrogen) atoms. The van der Waals surface area contributed by atoms with Crippen LogP contribution in [0.2, 0.25) is 0 Å². The van der Waals surface area contributed by atoms with E-state index in [-0.39, 0.29) is 0 Å². The van der Waals surface area contributed by atoms with E-state index in [1.807, 2.05) is 12.4 Å². The fraction of sp³-hybridized carbons (Fsp3) is 0.412. The van der Waals surface area contributed by atoms with Crippen molar-refractivity contribution in [1.82, 2.24) is 4.98 Å². The van der Waals surface area contributed by atoms with Gasteiger partial charge in [-0.1, -0.05) is 12.8 Å². The van der Waals surface area contributed by atoms with Crippen LogP contribution in [0.15, 0.2) is 49.1 Å². The Morgan fingerprint density at radius 1 is 0.789 bits per heavy atom. The number of aromatic nitrogens is 2. The molecule has 2 aromatic rings. The molecular formula is C17H21N2+. The fourth-order valence-electron chi connectivity index (χ4n) is 2.97. The van der Waals surface area contributed by atoms with Gasteiger partial charge in [0.2, 0.25) is 0 Å². The van der Waals surface area contributed by atoms with Crippen LogP contribution in [0, 0.1) is 0 Å². The molecule has 0 N–H and O–H groups in total. The highest BCUT2D eigenvalue weighted by atomic mass is 15.0. The standard InChI is InChI=1S/C17H21N2/c1-2-4-6-17(5-3-1)19-13-9-16(10-14-19)15-7-11-18-12-8-15/h7-14,17H,1-6H2/q+1. The van der Waals surface area contributed by atoms with Gasteiger partial charge in [0.25, 0.3) is 0 Å². The predicted octanol–water partition coefficient (Wildman–Crippen LogP) is 3.93. The Labute approximate surface area is 115 Å². The van der Waals surface area contributed by atoms with Crippen LogP contribution in [-0.2, 0) is 0 Å². The first-order valence-corrected chi connectivity index (χ1v) is 7.35. The van der Waals surface area contributed by atoms with Gasteiger partial charge in [-0.2, -0.15) is 0 Å². The van der Waals surface area contributed by atoms with Gasteiger partial charge >= 0.3 is 0 Å². The van der Waals surface area contributed by atoms with Crippen LogP contribution in [-0.4, -0.2) is 4.98 Å². The van der Waals surface area contributed by atoms with Gasteiger partial charge in [-0.25, -0.2) is 4.57 Å². The number of hydrogen-bond donors (Lipinski definition) is 0. The molecule has 0 unspecified atom stereocenters. The zero-order valence-electron chi connectivity index (χ0n) is 11.3. The molecule has 2 heterocycles. The maximum atomic E-state index is 4.07. The Balaban J connectivity index is 1.78. The van der Waals surface area contributed by atoms with E-state index in [9.17, 15) is 0 Å². The lowest BCUT2D eigenvalue weighted by molar-refractivity contribution is -0.724. The minimum atomic E-state index is 0.703. The lowest BCUT2D eigenvalue weighted by Crippen LogP contribution is -2.38. The number of hydrogen-bond acceptors (Lipinski definition) is 1. The van der Waals surface area contributed by atoms with Crippen molar-refractivity contribution in [2.75, 3.05) is 0 Å². The third kappa shape index (κ3) is 3.01. The fourth-order valence-corrected chi connectivity index (χ4v) is 2.97. The van der Waals surface area contributed by atoms with Crippen molar-refractivity contribution >= 4 is 0 Å². The van der Waals surface area contributed by atoms with E-state index in [1.165, 1.54) is 49.7 Å². The molecule has 0 bridgehead atoms. The maximum Gasteiger partial charge on any atom is 0.169 e. The molecule has 0 atom stereocenters. The first-order chi connectivity index (χ1) is 9.43. The molecule has 0 saturated heterocycles. The van der Waals surface area contributed by atoms with Crippen molar-refractivity contribution in [3.8, 4) is 11.1 Å². The Kier molecular flexibility index (Phi) is 3.87. The second-order valence-corrected chi connectivity index (χ2v) is 5.42. The molecule has 3 rings (SSSR count). The van der Waals surface area contributed by atoms with Crippen LogP contribution in [0.5, 0.6) is 0 Å². The largest absolute Gasteiger partial charge is 0.265 e. The van der Waals surface area contributed by atoms with Crippen LogP contribution in [0.1, 0.15) is 44.6 Å². The highest BCUT2D eigenvalue weighted by molar-refractivity contribution is 5.61. The van der Waals surface area contributed by atoms with Gasteiger partial charge in [0.05, 0.1) is 0 Å². The molecule has 1 fully saturated rings. The number of rotatable bonds is 2. The minimum absolute atomic E-state index is 0.703. The third-order valence-corrected chi connectivity index (χ3v) is 4.11. The zero-order chi connectivity index (χ0) is 12.9. The van der Waals surface area contributed by atoms with Gasteiger partial charge in [0.15, 0.2) is 18.4 Å². The first-order valence-electron chi connectivity index (χ1n) is 7.35. The zero-order valence-corrected chi connectivity index (χ0v) is 11.3. The number of pyridine rings is 2. The summed E-state index contributed by atoms with van der Waals surface area (Å²) in [6.07, 6.45) is 16.4. The maximum absolute atomic E-state index is 4.07. The van der Waals surface area contributed by atoms with E-state index in [0.717, 1.165) is 0 Å². The van der Waals surface area contributed by atoms with Crippen molar-refractivity contribution < 1.29 is 4.57 Å². The number of nitrogens with zero attached hydrogens (tertiary/aromatic N) is 2. The van der Waals surface area contributed by atoms with Crippen molar-refractivity contribution in [3.05, 3.63) is 49.1 Å². The molecule has 1 aliphatic rings. The summed E-state index contributed by atoms with van der Waals surface area (Å²) in [6, 6.07) is 9.27. The molecule has 2 aromatic heterocycles. The molecule has 0 aromatic carbocycles. The van der Waals surface area contributed by atoms with Crippen molar-refractivity contribution in [3.63, 3.8) is 0 Å². The van der Waals surface area contributed by atoms with E-state index in [4.69, 9.17) is 0 Å². The van der Waals surface area contributed by atoms with Crippen LogP contribution in [0.25, 0.3) is 11.1 Å². The van der Waals surface area contributed by atoms with Crippen LogP contribution >= 0.6 is 0 Å². The quantitative estimate of drug-likeness (QED) is 0.585. The topological polar surface area (TPSA) is 16.8 Å². The van der Waals surface area contributed by atoms with E-state index >= 15 is 0 Å². The highest BCUT2D eigenvalue weighted by Gasteiger charge is 2.19. The average molecular weight is 253 g/mol. The van der Waals surface area contributed by atoms with Crippen LogP contribution in [0.4, 0.5) is 0 Å². The summed E-state index contributed by atoms with van der Waals surface area (Å²) in [4.78, 5) is 4.07. The summed E-state index contributed by atoms with van der Waals surface area (Å²) < 4.78 is 2.40. The first kappa shape index (κ1) is 12.3. The summed E-state index contributed by atoms with van der Waals surface area (Å²) in [5.41, 5.74) is 2.51. The van der Waals surface area contributed by atoms with Crippen LogP contribution in [0.3, 0.4) is 0 Å². The van der Waals surface area contributed by atoms with Gasteiger partial charge < -0.3 is 0 Å².